The molecule has 0 saturated carbocycles. The second kappa shape index (κ2) is 5.77. The Morgan fingerprint density at radius 2 is 2.05 bits per heavy atom. The smallest absolute Gasteiger partial charge is 0.292 e. The molecule has 1 aliphatic rings. The van der Waals surface area contributed by atoms with E-state index in [2.05, 4.69) is 4.90 Å². The highest BCUT2D eigenvalue weighted by Crippen LogP contribution is 2.27. The van der Waals surface area contributed by atoms with Crippen molar-refractivity contribution >= 4 is 23.0 Å². The SMILES string of the molecule is CC(=O)N1CCCN(c2ccc([N+](=O)[O-])c(N)c2)CC1. The maximum absolute atomic E-state index is 11.4. The van der Waals surface area contributed by atoms with Crippen molar-refractivity contribution in [3.8, 4) is 0 Å². The van der Waals surface area contributed by atoms with Crippen LogP contribution in [0, 0.1) is 10.1 Å². The molecule has 0 atom stereocenters. The van der Waals surface area contributed by atoms with Crippen molar-refractivity contribution in [1.29, 1.82) is 0 Å². The number of carbonyl (C=O) groups is 1. The molecular weight excluding hydrogens is 260 g/mol. The predicted octanol–water partition coefficient (Wildman–Crippen LogP) is 1.24. The molecule has 108 valence electrons. The van der Waals surface area contributed by atoms with E-state index in [0.29, 0.717) is 13.1 Å². The molecule has 1 aromatic carbocycles. The minimum Gasteiger partial charge on any atom is -0.393 e. The van der Waals surface area contributed by atoms with E-state index in [4.69, 9.17) is 5.73 Å². The van der Waals surface area contributed by atoms with Gasteiger partial charge in [0.1, 0.15) is 5.69 Å². The van der Waals surface area contributed by atoms with Gasteiger partial charge in [-0.1, -0.05) is 0 Å². The number of rotatable bonds is 2. The third kappa shape index (κ3) is 2.98. The average Bonchev–Trinajstić information content (AvgIpc) is 2.63. The van der Waals surface area contributed by atoms with Crippen LogP contribution in [0.4, 0.5) is 17.1 Å². The van der Waals surface area contributed by atoms with E-state index in [1.807, 2.05) is 4.90 Å². The number of nitrogen functional groups attached to an aromatic ring is 1. The van der Waals surface area contributed by atoms with Crippen molar-refractivity contribution in [2.45, 2.75) is 13.3 Å². The van der Waals surface area contributed by atoms with Crippen molar-refractivity contribution in [3.63, 3.8) is 0 Å². The molecule has 1 aromatic rings. The Morgan fingerprint density at radius 3 is 2.65 bits per heavy atom. The number of benzene rings is 1. The van der Waals surface area contributed by atoms with Gasteiger partial charge < -0.3 is 15.5 Å². The third-order valence-electron chi connectivity index (χ3n) is 3.51. The van der Waals surface area contributed by atoms with Gasteiger partial charge in [-0.15, -0.1) is 0 Å². The van der Waals surface area contributed by atoms with E-state index in [1.165, 1.54) is 6.07 Å². The number of carbonyl (C=O) groups excluding carboxylic acids is 1. The fourth-order valence-corrected chi connectivity index (χ4v) is 2.40. The zero-order valence-electron chi connectivity index (χ0n) is 11.4. The summed E-state index contributed by atoms with van der Waals surface area (Å²) in [5.41, 5.74) is 6.66. The summed E-state index contributed by atoms with van der Waals surface area (Å²) in [6, 6.07) is 4.76. The van der Waals surface area contributed by atoms with Gasteiger partial charge in [0.2, 0.25) is 5.91 Å². The minimum absolute atomic E-state index is 0.0751. The zero-order chi connectivity index (χ0) is 14.7. The van der Waals surface area contributed by atoms with Crippen LogP contribution in [0.25, 0.3) is 0 Å². The number of nitrogens with zero attached hydrogens (tertiary/aromatic N) is 3. The predicted molar refractivity (Wildman–Crippen MR) is 76.6 cm³/mol. The first-order valence-electron chi connectivity index (χ1n) is 6.53. The molecule has 2 N–H and O–H groups in total. The molecule has 0 bridgehead atoms. The van der Waals surface area contributed by atoms with Crippen LogP contribution in [-0.4, -0.2) is 41.9 Å². The summed E-state index contributed by atoms with van der Waals surface area (Å²) < 4.78 is 0. The molecule has 0 radical (unpaired) electrons. The molecule has 0 unspecified atom stereocenters. The fourth-order valence-electron chi connectivity index (χ4n) is 2.40. The Labute approximate surface area is 117 Å². The van der Waals surface area contributed by atoms with Gasteiger partial charge in [-0.25, -0.2) is 0 Å². The van der Waals surface area contributed by atoms with Gasteiger partial charge in [0, 0.05) is 44.9 Å². The summed E-state index contributed by atoms with van der Waals surface area (Å²) >= 11 is 0. The molecule has 0 aromatic heterocycles. The van der Waals surface area contributed by atoms with Gasteiger partial charge in [0.15, 0.2) is 0 Å². The molecule has 2 rings (SSSR count). The van der Waals surface area contributed by atoms with Crippen LogP contribution < -0.4 is 10.6 Å². The second-order valence-corrected chi connectivity index (χ2v) is 4.85. The van der Waals surface area contributed by atoms with Crippen LogP contribution in [0.5, 0.6) is 0 Å². The van der Waals surface area contributed by atoms with E-state index in [1.54, 1.807) is 19.1 Å². The largest absolute Gasteiger partial charge is 0.393 e. The van der Waals surface area contributed by atoms with Gasteiger partial charge in [-0.3, -0.25) is 14.9 Å². The first-order valence-corrected chi connectivity index (χ1v) is 6.53. The van der Waals surface area contributed by atoms with Crippen LogP contribution in [0.2, 0.25) is 0 Å². The molecule has 1 heterocycles. The van der Waals surface area contributed by atoms with Gasteiger partial charge in [-0.05, 0) is 18.6 Å². The summed E-state index contributed by atoms with van der Waals surface area (Å²) in [5, 5.41) is 10.8. The molecule has 20 heavy (non-hydrogen) atoms. The van der Waals surface area contributed by atoms with Crippen molar-refractivity contribution in [3.05, 3.63) is 28.3 Å². The topological polar surface area (TPSA) is 92.7 Å². The summed E-state index contributed by atoms with van der Waals surface area (Å²) in [6.45, 7) is 4.48. The molecule has 1 amide bonds. The number of amides is 1. The van der Waals surface area contributed by atoms with E-state index in [9.17, 15) is 14.9 Å². The summed E-state index contributed by atoms with van der Waals surface area (Å²) in [5.74, 6) is 0.0788. The average molecular weight is 278 g/mol. The van der Waals surface area contributed by atoms with Crippen LogP contribution in [0.3, 0.4) is 0 Å². The number of hydrogen-bond acceptors (Lipinski definition) is 5. The number of nitro benzene ring substituents is 1. The molecule has 1 saturated heterocycles. The molecule has 0 spiro atoms. The van der Waals surface area contributed by atoms with Gasteiger partial charge in [0.05, 0.1) is 4.92 Å². The lowest BCUT2D eigenvalue weighted by atomic mass is 10.2. The number of nitrogens with two attached hydrogens (primary N) is 1. The monoisotopic (exact) mass is 278 g/mol. The Hall–Kier alpha value is -2.31. The maximum atomic E-state index is 11.4. The molecule has 1 fully saturated rings. The van der Waals surface area contributed by atoms with E-state index in [-0.39, 0.29) is 17.3 Å². The van der Waals surface area contributed by atoms with Crippen molar-refractivity contribution in [1.82, 2.24) is 4.90 Å². The van der Waals surface area contributed by atoms with Crippen LogP contribution >= 0.6 is 0 Å². The van der Waals surface area contributed by atoms with E-state index < -0.39 is 4.92 Å². The zero-order valence-corrected chi connectivity index (χ0v) is 11.4. The van der Waals surface area contributed by atoms with Gasteiger partial charge in [0.25, 0.3) is 5.69 Å². The highest BCUT2D eigenvalue weighted by Gasteiger charge is 2.18. The van der Waals surface area contributed by atoms with Gasteiger partial charge >= 0.3 is 0 Å². The molecule has 7 nitrogen and oxygen atoms in total. The first kappa shape index (κ1) is 14.1. The lowest BCUT2D eigenvalue weighted by Gasteiger charge is -2.23. The lowest BCUT2D eigenvalue weighted by Crippen LogP contribution is -2.33. The lowest BCUT2D eigenvalue weighted by molar-refractivity contribution is -0.383. The van der Waals surface area contributed by atoms with Crippen LogP contribution in [0.15, 0.2) is 18.2 Å². The number of hydrogen-bond donors (Lipinski definition) is 1. The van der Waals surface area contributed by atoms with Crippen LogP contribution in [0.1, 0.15) is 13.3 Å². The fraction of sp³-hybridized carbons (Fsp3) is 0.462. The second-order valence-electron chi connectivity index (χ2n) is 4.85. The maximum Gasteiger partial charge on any atom is 0.292 e. The summed E-state index contributed by atoms with van der Waals surface area (Å²) in [7, 11) is 0. The highest BCUT2D eigenvalue weighted by molar-refractivity contribution is 5.73. The Balaban J connectivity index is 2.14. The van der Waals surface area contributed by atoms with Crippen LogP contribution in [-0.2, 0) is 4.79 Å². The highest BCUT2D eigenvalue weighted by atomic mass is 16.6. The number of anilines is 2. The molecule has 7 heteroatoms. The van der Waals surface area contributed by atoms with Crippen molar-refractivity contribution in [2.75, 3.05) is 36.8 Å². The normalized spacial score (nSPS) is 15.8. The van der Waals surface area contributed by atoms with E-state index >= 15 is 0 Å². The third-order valence-corrected chi connectivity index (χ3v) is 3.51. The number of nitro groups is 1. The Morgan fingerprint density at radius 1 is 1.30 bits per heavy atom. The van der Waals surface area contributed by atoms with E-state index in [0.717, 1.165) is 25.2 Å². The molecule has 1 aliphatic heterocycles. The van der Waals surface area contributed by atoms with Crippen molar-refractivity contribution in [2.24, 2.45) is 0 Å². The first-order chi connectivity index (χ1) is 9.49. The summed E-state index contributed by atoms with van der Waals surface area (Å²) in [4.78, 5) is 25.6. The minimum atomic E-state index is -0.487. The van der Waals surface area contributed by atoms with Gasteiger partial charge in [-0.2, -0.15) is 0 Å². The Kier molecular flexibility index (Phi) is 4.07. The standard InChI is InChI=1S/C13H18N4O3/c1-10(18)15-5-2-6-16(8-7-15)11-3-4-13(17(19)20)12(14)9-11/h3-4,9H,2,5-8,14H2,1H3. The van der Waals surface area contributed by atoms with Crippen molar-refractivity contribution < 1.29 is 9.72 Å². The quantitative estimate of drug-likeness (QED) is 0.499. The molecular formula is C13H18N4O3. The summed E-state index contributed by atoms with van der Waals surface area (Å²) in [6.07, 6.45) is 0.872. The molecule has 0 aliphatic carbocycles. The Bertz CT molecular complexity index is 532.